The number of halogens is 2. The zero-order valence-electron chi connectivity index (χ0n) is 14.8. The van der Waals surface area contributed by atoms with E-state index in [1.807, 2.05) is 0 Å². The first-order valence-corrected chi connectivity index (χ1v) is 18.1. The molecule has 0 aliphatic heterocycles. The number of fused-ring (bicyclic) bond motifs is 1. The van der Waals surface area contributed by atoms with Crippen LogP contribution in [0.2, 0.25) is 19.6 Å². The molecule has 1 aliphatic carbocycles. The Morgan fingerprint density at radius 2 is 1.62 bits per heavy atom. The molecule has 0 atom stereocenters. The molecule has 4 heteroatoms. The van der Waals surface area contributed by atoms with E-state index in [2.05, 4.69) is 75.1 Å². The third kappa shape index (κ3) is 4.94. The van der Waals surface area contributed by atoms with Gasteiger partial charge < -0.3 is 0 Å². The van der Waals surface area contributed by atoms with E-state index in [9.17, 15) is 0 Å². The van der Waals surface area contributed by atoms with Gasteiger partial charge in [-0.1, -0.05) is 85.9 Å². The summed E-state index contributed by atoms with van der Waals surface area (Å²) in [5.74, 6) is 0. The maximum absolute atomic E-state index is 4.93. The molecular formula is C20H24Cl2SiZr. The van der Waals surface area contributed by atoms with Crippen LogP contribution in [0.4, 0.5) is 0 Å². The van der Waals surface area contributed by atoms with Crippen molar-refractivity contribution >= 4 is 36.4 Å². The van der Waals surface area contributed by atoms with Gasteiger partial charge in [-0.2, -0.15) is 0 Å². The maximum atomic E-state index is 4.93. The van der Waals surface area contributed by atoms with Crippen molar-refractivity contribution in [2.24, 2.45) is 0 Å². The number of hydrogen-bond donors (Lipinski definition) is 0. The molecule has 126 valence electrons. The molecule has 1 aliphatic rings. The average Bonchev–Trinajstić information content (AvgIpc) is 2.98. The second-order valence-corrected chi connectivity index (χ2v) is 15.9. The van der Waals surface area contributed by atoms with E-state index in [-0.39, 0.29) is 0 Å². The molecule has 0 N–H and O–H groups in total. The first-order valence-electron chi connectivity index (χ1n) is 8.29. The summed E-state index contributed by atoms with van der Waals surface area (Å²) in [6.45, 7) is 9.45. The van der Waals surface area contributed by atoms with Crippen LogP contribution in [-0.2, 0) is 27.3 Å². The second kappa shape index (κ2) is 8.99. The molecule has 0 heterocycles. The Kier molecular flexibility index (Phi) is 7.56. The Labute approximate surface area is 166 Å². The van der Waals surface area contributed by atoms with Gasteiger partial charge in [-0.15, -0.1) is 0 Å². The summed E-state index contributed by atoms with van der Waals surface area (Å²) >= 11 is -0.826. The van der Waals surface area contributed by atoms with Crippen molar-refractivity contribution in [3.8, 4) is 11.1 Å². The Morgan fingerprint density at radius 1 is 1.00 bits per heavy atom. The van der Waals surface area contributed by atoms with E-state index < -0.39 is 28.9 Å². The van der Waals surface area contributed by atoms with Crippen molar-refractivity contribution in [3.63, 3.8) is 0 Å². The van der Waals surface area contributed by atoms with E-state index in [1.54, 1.807) is 5.57 Å². The third-order valence-corrected chi connectivity index (χ3v) is 6.54. The zero-order valence-corrected chi connectivity index (χ0v) is 19.8. The van der Waals surface area contributed by atoms with Crippen LogP contribution >= 0.6 is 17.0 Å². The van der Waals surface area contributed by atoms with Crippen LogP contribution < -0.4 is 5.19 Å². The zero-order chi connectivity index (χ0) is 17.7. The predicted molar refractivity (Wildman–Crippen MR) is 109 cm³/mol. The molecule has 24 heavy (non-hydrogen) atoms. The van der Waals surface area contributed by atoms with Gasteiger partial charge in [0.05, 0.1) is 8.07 Å². The van der Waals surface area contributed by atoms with Crippen LogP contribution in [0.3, 0.4) is 0 Å². The molecule has 2 aromatic rings. The predicted octanol–water partition coefficient (Wildman–Crippen LogP) is 6.62. The fraction of sp³-hybridized carbons (Fsp3) is 0.300. The SMILES string of the molecule is CCC1=Cc2c(cccc2-c2ccc([Si](C)(C)C)cc2)C1.[Cl][Zr][Cl]. The fourth-order valence-electron chi connectivity index (χ4n) is 3.07. The molecule has 0 bridgehead atoms. The normalized spacial score (nSPS) is 12.8. The van der Waals surface area contributed by atoms with Gasteiger partial charge in [0, 0.05) is 0 Å². The van der Waals surface area contributed by atoms with Crippen LogP contribution in [0.5, 0.6) is 0 Å². The fourth-order valence-corrected chi connectivity index (χ4v) is 4.23. The van der Waals surface area contributed by atoms with E-state index in [1.165, 1.54) is 27.4 Å². The Balaban J connectivity index is 0.000000647. The molecule has 0 spiro atoms. The van der Waals surface area contributed by atoms with E-state index in [4.69, 9.17) is 17.0 Å². The third-order valence-electron chi connectivity index (χ3n) is 4.48. The van der Waals surface area contributed by atoms with Crippen LogP contribution in [0, 0.1) is 0 Å². The monoisotopic (exact) mass is 452 g/mol. The van der Waals surface area contributed by atoms with Gasteiger partial charge in [0.2, 0.25) is 0 Å². The summed E-state index contributed by atoms with van der Waals surface area (Å²) in [7, 11) is 8.66. The molecular weight excluding hydrogens is 430 g/mol. The van der Waals surface area contributed by atoms with Crippen molar-refractivity contribution in [1.29, 1.82) is 0 Å². The van der Waals surface area contributed by atoms with E-state index in [0.717, 1.165) is 12.8 Å². The minimum atomic E-state index is -1.21. The Hall–Kier alpha value is -0.140. The van der Waals surface area contributed by atoms with Crippen molar-refractivity contribution in [2.45, 2.75) is 39.4 Å². The van der Waals surface area contributed by atoms with Gasteiger partial charge >= 0.3 is 37.9 Å². The number of benzene rings is 2. The molecule has 0 nitrogen and oxygen atoms in total. The molecule has 0 aromatic heterocycles. The molecule has 0 amide bonds. The molecule has 0 unspecified atom stereocenters. The van der Waals surface area contributed by atoms with Crippen molar-refractivity contribution in [3.05, 3.63) is 59.2 Å². The van der Waals surface area contributed by atoms with Gasteiger partial charge in [-0.05, 0) is 35.1 Å². The first kappa shape index (κ1) is 20.2. The minimum absolute atomic E-state index is 0.826. The van der Waals surface area contributed by atoms with Gasteiger partial charge in [-0.25, -0.2) is 0 Å². The molecule has 3 rings (SSSR count). The van der Waals surface area contributed by atoms with Crippen LogP contribution in [0.15, 0.2) is 48.0 Å². The van der Waals surface area contributed by atoms with Crippen molar-refractivity contribution < 1.29 is 20.8 Å². The summed E-state index contributed by atoms with van der Waals surface area (Å²) in [6, 6.07) is 16.0. The van der Waals surface area contributed by atoms with Crippen molar-refractivity contribution in [1.82, 2.24) is 0 Å². The summed E-state index contributed by atoms with van der Waals surface area (Å²) < 4.78 is 0. The topological polar surface area (TPSA) is 0 Å². The molecule has 0 radical (unpaired) electrons. The summed E-state index contributed by atoms with van der Waals surface area (Å²) in [6.07, 6.45) is 4.69. The van der Waals surface area contributed by atoms with E-state index in [0.29, 0.717) is 0 Å². The van der Waals surface area contributed by atoms with E-state index >= 15 is 0 Å². The average molecular weight is 455 g/mol. The van der Waals surface area contributed by atoms with Gasteiger partial charge in [0.1, 0.15) is 0 Å². The van der Waals surface area contributed by atoms with Crippen LogP contribution in [-0.4, -0.2) is 8.07 Å². The van der Waals surface area contributed by atoms with Gasteiger partial charge in [0.15, 0.2) is 0 Å². The van der Waals surface area contributed by atoms with Gasteiger partial charge in [0.25, 0.3) is 0 Å². The van der Waals surface area contributed by atoms with Crippen LogP contribution in [0.1, 0.15) is 24.5 Å². The first-order chi connectivity index (χ1) is 11.4. The summed E-state index contributed by atoms with van der Waals surface area (Å²) in [5, 5.41) is 1.53. The number of hydrogen-bond acceptors (Lipinski definition) is 0. The van der Waals surface area contributed by atoms with Crippen LogP contribution in [0.25, 0.3) is 17.2 Å². The second-order valence-electron chi connectivity index (χ2n) is 7.11. The summed E-state index contributed by atoms with van der Waals surface area (Å²) in [4.78, 5) is 0. The molecule has 0 saturated heterocycles. The quantitative estimate of drug-likeness (QED) is 0.457. The molecule has 0 fully saturated rings. The van der Waals surface area contributed by atoms with Gasteiger partial charge in [-0.3, -0.25) is 0 Å². The van der Waals surface area contributed by atoms with Crippen molar-refractivity contribution in [2.75, 3.05) is 0 Å². The summed E-state index contributed by atoms with van der Waals surface area (Å²) in [5.41, 5.74) is 7.21. The Bertz CT molecular complexity index is 715. The number of allylic oxidation sites excluding steroid dienone is 1. The molecule has 0 saturated carbocycles. The Morgan fingerprint density at radius 3 is 2.17 bits per heavy atom. The number of rotatable bonds is 3. The molecule has 2 aromatic carbocycles. The standard InChI is InChI=1S/C20H24Si.2ClH.Zr/c1-5-15-13-17-7-6-8-19(20(17)14-15)16-9-11-18(12-10-16)21(2,3)4;;;/h6-12,14H,5,13H2,1-4H3;2*1H;/q;;;+2/p-2.